The average Bonchev–Trinajstić information content (AvgIpc) is 3.42. The summed E-state index contributed by atoms with van der Waals surface area (Å²) in [5.74, 6) is 0.851. The number of fused-ring (bicyclic) bond motifs is 2. The number of H-pyrrole nitrogens is 1. The summed E-state index contributed by atoms with van der Waals surface area (Å²) in [6.45, 7) is 0.919. The zero-order chi connectivity index (χ0) is 18.2. The van der Waals surface area contributed by atoms with Crippen molar-refractivity contribution in [1.29, 1.82) is 0 Å². The highest BCUT2D eigenvalue weighted by atomic mass is 16.1. The van der Waals surface area contributed by atoms with Crippen LogP contribution in [0.5, 0.6) is 0 Å². The standard InChI is InChI=1S/C19H19N7O/c27-17(10-13-5-8-25-12-20-11-14(25)9-13)22-19-18-15(23-24-19)3-1-4-16(18)26-7-2-6-21-26/h1-4,6-7,11-13H,5,8-10H2,(H2,22,23,24,27). The minimum atomic E-state index is -0.0170. The molecule has 1 atom stereocenters. The van der Waals surface area contributed by atoms with Crippen molar-refractivity contribution in [2.24, 2.45) is 5.92 Å². The third-order valence-corrected chi connectivity index (χ3v) is 5.13. The first-order valence-electron chi connectivity index (χ1n) is 9.04. The first-order chi connectivity index (χ1) is 13.3. The number of nitrogens with zero attached hydrogens (tertiary/aromatic N) is 5. The number of rotatable bonds is 4. The Balaban J connectivity index is 1.37. The van der Waals surface area contributed by atoms with Gasteiger partial charge in [0.15, 0.2) is 5.82 Å². The van der Waals surface area contributed by atoms with Gasteiger partial charge in [-0.25, -0.2) is 9.67 Å². The van der Waals surface area contributed by atoms with Gasteiger partial charge in [-0.2, -0.15) is 10.2 Å². The second-order valence-corrected chi connectivity index (χ2v) is 6.91. The Hall–Kier alpha value is -3.42. The van der Waals surface area contributed by atoms with Crippen molar-refractivity contribution in [3.63, 3.8) is 0 Å². The molecule has 4 aromatic rings. The zero-order valence-corrected chi connectivity index (χ0v) is 14.7. The molecule has 0 saturated heterocycles. The first kappa shape index (κ1) is 15.8. The van der Waals surface area contributed by atoms with Gasteiger partial charge in [0, 0.05) is 37.3 Å². The number of benzene rings is 1. The molecular weight excluding hydrogens is 342 g/mol. The molecule has 1 unspecified atom stereocenters. The smallest absolute Gasteiger partial charge is 0.225 e. The van der Waals surface area contributed by atoms with E-state index in [2.05, 4.69) is 30.2 Å². The average molecular weight is 361 g/mol. The van der Waals surface area contributed by atoms with Crippen LogP contribution in [-0.2, 0) is 17.8 Å². The van der Waals surface area contributed by atoms with E-state index in [0.717, 1.165) is 36.0 Å². The number of anilines is 1. The Morgan fingerprint density at radius 2 is 2.30 bits per heavy atom. The van der Waals surface area contributed by atoms with E-state index in [1.807, 2.05) is 43.0 Å². The number of nitrogens with one attached hydrogen (secondary N) is 2. The van der Waals surface area contributed by atoms with Crippen LogP contribution >= 0.6 is 0 Å². The Bertz CT molecular complexity index is 1090. The highest BCUT2D eigenvalue weighted by Gasteiger charge is 2.22. The molecule has 0 fully saturated rings. The Morgan fingerprint density at radius 1 is 1.33 bits per heavy atom. The van der Waals surface area contributed by atoms with Gasteiger partial charge in [-0.15, -0.1) is 0 Å². The predicted molar refractivity (Wildman–Crippen MR) is 101 cm³/mol. The Morgan fingerprint density at radius 3 is 3.19 bits per heavy atom. The van der Waals surface area contributed by atoms with Crippen LogP contribution < -0.4 is 5.32 Å². The topological polar surface area (TPSA) is 93.4 Å². The van der Waals surface area contributed by atoms with Crippen LogP contribution in [0.15, 0.2) is 49.2 Å². The predicted octanol–water partition coefficient (Wildman–Crippen LogP) is 2.54. The molecule has 2 N–H and O–H groups in total. The number of hydrogen-bond acceptors (Lipinski definition) is 4. The van der Waals surface area contributed by atoms with Crippen molar-refractivity contribution in [3.05, 3.63) is 54.9 Å². The van der Waals surface area contributed by atoms with Crippen molar-refractivity contribution in [3.8, 4) is 5.69 Å². The zero-order valence-electron chi connectivity index (χ0n) is 14.7. The molecule has 0 bridgehead atoms. The van der Waals surface area contributed by atoms with E-state index in [1.54, 1.807) is 10.9 Å². The van der Waals surface area contributed by atoms with Crippen LogP contribution in [0.3, 0.4) is 0 Å². The number of carbonyl (C=O) groups excluding carboxylic acids is 1. The molecule has 8 heteroatoms. The van der Waals surface area contributed by atoms with Gasteiger partial charge in [-0.05, 0) is 37.0 Å². The maximum Gasteiger partial charge on any atom is 0.225 e. The molecular formula is C19H19N7O. The maximum atomic E-state index is 12.7. The van der Waals surface area contributed by atoms with Crippen LogP contribution in [0.1, 0.15) is 18.5 Å². The van der Waals surface area contributed by atoms with E-state index in [-0.39, 0.29) is 5.91 Å². The third-order valence-electron chi connectivity index (χ3n) is 5.13. The summed E-state index contributed by atoms with van der Waals surface area (Å²) < 4.78 is 3.93. The number of hydrogen-bond donors (Lipinski definition) is 2. The number of aryl methyl sites for hydroxylation is 1. The quantitative estimate of drug-likeness (QED) is 0.584. The van der Waals surface area contributed by atoms with Crippen LogP contribution in [0.4, 0.5) is 5.82 Å². The lowest BCUT2D eigenvalue weighted by Gasteiger charge is -2.23. The lowest BCUT2D eigenvalue weighted by Crippen LogP contribution is -2.24. The monoisotopic (exact) mass is 361 g/mol. The molecule has 1 aliphatic heterocycles. The highest BCUT2D eigenvalue weighted by molar-refractivity contribution is 6.03. The van der Waals surface area contributed by atoms with Gasteiger partial charge in [-0.3, -0.25) is 9.89 Å². The summed E-state index contributed by atoms with van der Waals surface area (Å²) in [6, 6.07) is 7.70. The van der Waals surface area contributed by atoms with Crippen molar-refractivity contribution >= 4 is 22.6 Å². The van der Waals surface area contributed by atoms with Gasteiger partial charge in [0.2, 0.25) is 5.91 Å². The van der Waals surface area contributed by atoms with Gasteiger partial charge in [0.05, 0.1) is 22.9 Å². The molecule has 0 saturated carbocycles. The van der Waals surface area contributed by atoms with Crippen LogP contribution in [0.2, 0.25) is 0 Å². The van der Waals surface area contributed by atoms with Gasteiger partial charge < -0.3 is 9.88 Å². The fourth-order valence-corrected chi connectivity index (χ4v) is 3.81. The fraction of sp³-hybridized carbons (Fsp3) is 0.263. The van der Waals surface area contributed by atoms with Crippen LogP contribution in [0, 0.1) is 5.92 Å². The lowest BCUT2D eigenvalue weighted by molar-refractivity contribution is -0.117. The van der Waals surface area contributed by atoms with Gasteiger partial charge in [0.1, 0.15) is 0 Å². The van der Waals surface area contributed by atoms with E-state index >= 15 is 0 Å². The number of amides is 1. The summed E-state index contributed by atoms with van der Waals surface area (Å²) in [7, 11) is 0. The summed E-state index contributed by atoms with van der Waals surface area (Å²) in [6.07, 6.45) is 9.69. The van der Waals surface area contributed by atoms with E-state index in [9.17, 15) is 4.79 Å². The van der Waals surface area contributed by atoms with Crippen molar-refractivity contribution < 1.29 is 4.79 Å². The Labute approximate surface area is 155 Å². The minimum Gasteiger partial charge on any atom is -0.335 e. The summed E-state index contributed by atoms with van der Waals surface area (Å²) in [5.41, 5.74) is 2.94. The minimum absolute atomic E-state index is 0.0170. The fourth-order valence-electron chi connectivity index (χ4n) is 3.81. The molecule has 27 heavy (non-hydrogen) atoms. The largest absolute Gasteiger partial charge is 0.335 e. The molecule has 0 spiro atoms. The SMILES string of the molecule is O=C(CC1CCn2cncc2C1)Nc1n[nH]c2cccc(-n3cccn3)c12. The van der Waals surface area contributed by atoms with E-state index < -0.39 is 0 Å². The van der Waals surface area contributed by atoms with E-state index in [4.69, 9.17) is 0 Å². The number of aromatic amines is 1. The number of imidazole rings is 1. The molecule has 1 aromatic carbocycles. The van der Waals surface area contributed by atoms with Crippen LogP contribution in [0.25, 0.3) is 16.6 Å². The lowest BCUT2D eigenvalue weighted by atomic mass is 9.93. The first-order valence-corrected chi connectivity index (χ1v) is 9.04. The molecule has 1 aliphatic rings. The van der Waals surface area contributed by atoms with E-state index in [0.29, 0.717) is 18.2 Å². The van der Waals surface area contributed by atoms with E-state index in [1.165, 1.54) is 5.69 Å². The van der Waals surface area contributed by atoms with Crippen molar-refractivity contribution in [2.45, 2.75) is 25.8 Å². The normalized spacial score (nSPS) is 16.4. The van der Waals surface area contributed by atoms with Crippen LogP contribution in [-0.4, -0.2) is 35.4 Å². The third kappa shape index (κ3) is 2.88. The summed E-state index contributed by atoms with van der Waals surface area (Å²) in [4.78, 5) is 16.8. The van der Waals surface area contributed by atoms with Crippen molar-refractivity contribution in [2.75, 3.05) is 5.32 Å². The second-order valence-electron chi connectivity index (χ2n) is 6.91. The molecule has 3 aromatic heterocycles. The van der Waals surface area contributed by atoms with Crippen molar-refractivity contribution in [1.82, 2.24) is 29.5 Å². The second kappa shape index (κ2) is 6.39. The van der Waals surface area contributed by atoms with Gasteiger partial charge in [0.25, 0.3) is 0 Å². The Kier molecular flexibility index (Phi) is 3.74. The molecule has 0 aliphatic carbocycles. The maximum absolute atomic E-state index is 12.7. The molecule has 0 radical (unpaired) electrons. The summed E-state index contributed by atoms with van der Waals surface area (Å²) >= 11 is 0. The molecule has 136 valence electrons. The summed E-state index contributed by atoms with van der Waals surface area (Å²) in [5, 5.41) is 15.5. The molecule has 4 heterocycles. The molecule has 5 rings (SSSR count). The molecule has 1 amide bonds. The number of aromatic nitrogens is 6. The van der Waals surface area contributed by atoms with Gasteiger partial charge >= 0.3 is 0 Å². The number of carbonyl (C=O) groups is 1. The highest BCUT2D eigenvalue weighted by Crippen LogP contribution is 2.28. The molecule has 8 nitrogen and oxygen atoms in total. The van der Waals surface area contributed by atoms with Gasteiger partial charge in [-0.1, -0.05) is 6.07 Å².